The molecule has 0 unspecified atom stereocenters. The molecule has 1 aromatic rings. The first-order valence-corrected chi connectivity index (χ1v) is 8.83. The SMILES string of the molecule is Cc1cccc(N2CCN(C(=O)NCC(=O)N3CCOCC3)CC2)c1. The molecular formula is C18H26N4O3. The summed E-state index contributed by atoms with van der Waals surface area (Å²) < 4.78 is 5.23. The molecule has 7 nitrogen and oxygen atoms in total. The molecule has 3 rings (SSSR count). The van der Waals surface area contributed by atoms with Crippen LogP contribution in [0.15, 0.2) is 24.3 Å². The number of urea groups is 1. The highest BCUT2D eigenvalue weighted by atomic mass is 16.5. The molecule has 7 heteroatoms. The summed E-state index contributed by atoms with van der Waals surface area (Å²) >= 11 is 0. The van der Waals surface area contributed by atoms with Gasteiger partial charge in [0.25, 0.3) is 0 Å². The van der Waals surface area contributed by atoms with Crippen LogP contribution in [0.2, 0.25) is 0 Å². The lowest BCUT2D eigenvalue weighted by Gasteiger charge is -2.36. The van der Waals surface area contributed by atoms with Gasteiger partial charge in [-0.3, -0.25) is 4.79 Å². The van der Waals surface area contributed by atoms with Crippen molar-refractivity contribution in [1.82, 2.24) is 15.1 Å². The van der Waals surface area contributed by atoms with Crippen LogP contribution in [-0.2, 0) is 9.53 Å². The zero-order valence-electron chi connectivity index (χ0n) is 14.7. The van der Waals surface area contributed by atoms with E-state index in [0.29, 0.717) is 39.4 Å². The highest BCUT2D eigenvalue weighted by Crippen LogP contribution is 2.17. The zero-order chi connectivity index (χ0) is 17.6. The molecule has 2 saturated heterocycles. The lowest BCUT2D eigenvalue weighted by atomic mass is 10.2. The molecule has 3 amide bonds. The van der Waals surface area contributed by atoms with Gasteiger partial charge in [-0.25, -0.2) is 4.79 Å². The molecule has 1 N–H and O–H groups in total. The third kappa shape index (κ3) is 4.63. The number of benzene rings is 1. The number of amides is 3. The summed E-state index contributed by atoms with van der Waals surface area (Å²) in [5.74, 6) is -0.0463. The molecular weight excluding hydrogens is 320 g/mol. The molecule has 0 atom stereocenters. The third-order valence-corrected chi connectivity index (χ3v) is 4.69. The number of piperazine rings is 1. The summed E-state index contributed by atoms with van der Waals surface area (Å²) in [5, 5.41) is 2.75. The summed E-state index contributed by atoms with van der Waals surface area (Å²) in [6.07, 6.45) is 0. The third-order valence-electron chi connectivity index (χ3n) is 4.69. The number of nitrogens with zero attached hydrogens (tertiary/aromatic N) is 3. The molecule has 0 radical (unpaired) electrons. The van der Waals surface area contributed by atoms with E-state index in [9.17, 15) is 9.59 Å². The van der Waals surface area contributed by atoms with Crippen molar-refractivity contribution in [3.05, 3.63) is 29.8 Å². The smallest absolute Gasteiger partial charge is 0.317 e. The van der Waals surface area contributed by atoms with Crippen molar-refractivity contribution in [1.29, 1.82) is 0 Å². The molecule has 0 aromatic heterocycles. The van der Waals surface area contributed by atoms with Gasteiger partial charge in [0.05, 0.1) is 19.8 Å². The van der Waals surface area contributed by atoms with Gasteiger partial charge < -0.3 is 24.8 Å². The fraction of sp³-hybridized carbons (Fsp3) is 0.556. The van der Waals surface area contributed by atoms with E-state index in [1.807, 2.05) is 0 Å². The quantitative estimate of drug-likeness (QED) is 0.874. The highest BCUT2D eigenvalue weighted by molar-refractivity contribution is 5.84. The average Bonchev–Trinajstić information content (AvgIpc) is 2.66. The maximum Gasteiger partial charge on any atom is 0.317 e. The monoisotopic (exact) mass is 346 g/mol. The Labute approximate surface area is 148 Å². The van der Waals surface area contributed by atoms with Gasteiger partial charge in [-0.15, -0.1) is 0 Å². The molecule has 0 aliphatic carbocycles. The predicted molar refractivity (Wildman–Crippen MR) is 95.8 cm³/mol. The van der Waals surface area contributed by atoms with Gasteiger partial charge >= 0.3 is 6.03 Å². The van der Waals surface area contributed by atoms with Crippen LogP contribution < -0.4 is 10.2 Å². The van der Waals surface area contributed by atoms with Crippen LogP contribution in [0.3, 0.4) is 0 Å². The van der Waals surface area contributed by atoms with E-state index in [2.05, 4.69) is 41.4 Å². The lowest BCUT2D eigenvalue weighted by molar-refractivity contribution is -0.134. The number of hydrogen-bond acceptors (Lipinski definition) is 4. The molecule has 2 aliphatic heterocycles. The Morgan fingerprint density at radius 2 is 1.76 bits per heavy atom. The Bertz CT molecular complexity index is 608. The second kappa shape index (κ2) is 8.20. The van der Waals surface area contributed by atoms with E-state index in [1.165, 1.54) is 11.3 Å². The summed E-state index contributed by atoms with van der Waals surface area (Å²) in [4.78, 5) is 30.2. The van der Waals surface area contributed by atoms with Crippen molar-refractivity contribution in [3.63, 3.8) is 0 Å². The number of aryl methyl sites for hydroxylation is 1. The average molecular weight is 346 g/mol. The van der Waals surface area contributed by atoms with Crippen molar-refractivity contribution < 1.29 is 14.3 Å². The van der Waals surface area contributed by atoms with Gasteiger partial charge in [0, 0.05) is 45.0 Å². The number of rotatable bonds is 3. The van der Waals surface area contributed by atoms with Gasteiger partial charge in [-0.05, 0) is 24.6 Å². The Morgan fingerprint density at radius 3 is 2.44 bits per heavy atom. The van der Waals surface area contributed by atoms with E-state index in [0.717, 1.165) is 13.1 Å². The fourth-order valence-corrected chi connectivity index (χ4v) is 3.18. The molecule has 2 aliphatic rings. The van der Waals surface area contributed by atoms with E-state index < -0.39 is 0 Å². The molecule has 0 spiro atoms. The largest absolute Gasteiger partial charge is 0.378 e. The lowest BCUT2D eigenvalue weighted by Crippen LogP contribution is -2.53. The summed E-state index contributed by atoms with van der Waals surface area (Å²) in [6, 6.07) is 8.24. The highest BCUT2D eigenvalue weighted by Gasteiger charge is 2.23. The molecule has 0 saturated carbocycles. The maximum absolute atomic E-state index is 12.3. The zero-order valence-corrected chi connectivity index (χ0v) is 14.7. The van der Waals surface area contributed by atoms with Crippen LogP contribution in [0.25, 0.3) is 0 Å². The van der Waals surface area contributed by atoms with Crippen molar-refractivity contribution in [3.8, 4) is 0 Å². The van der Waals surface area contributed by atoms with Crippen LogP contribution in [-0.4, -0.2) is 80.8 Å². The Morgan fingerprint density at radius 1 is 1.04 bits per heavy atom. The standard InChI is InChI=1S/C18H26N4O3/c1-15-3-2-4-16(13-15)20-5-7-22(8-6-20)18(24)19-14-17(23)21-9-11-25-12-10-21/h2-4,13H,5-12,14H2,1H3,(H,19,24). The van der Waals surface area contributed by atoms with Gasteiger partial charge in [-0.1, -0.05) is 12.1 Å². The van der Waals surface area contributed by atoms with E-state index in [1.54, 1.807) is 9.80 Å². The topological polar surface area (TPSA) is 65.1 Å². The van der Waals surface area contributed by atoms with Crippen molar-refractivity contribution >= 4 is 17.6 Å². The van der Waals surface area contributed by atoms with Crippen LogP contribution in [0.4, 0.5) is 10.5 Å². The van der Waals surface area contributed by atoms with Crippen molar-refractivity contribution in [2.75, 3.05) is 63.9 Å². The van der Waals surface area contributed by atoms with Gasteiger partial charge in [-0.2, -0.15) is 0 Å². The normalized spacial score (nSPS) is 18.2. The molecule has 0 bridgehead atoms. The summed E-state index contributed by atoms with van der Waals surface area (Å²) in [6.45, 7) is 7.39. The number of morpholine rings is 1. The van der Waals surface area contributed by atoms with Crippen LogP contribution in [0.5, 0.6) is 0 Å². The van der Waals surface area contributed by atoms with E-state index >= 15 is 0 Å². The second-order valence-electron chi connectivity index (χ2n) is 6.46. The van der Waals surface area contributed by atoms with Crippen LogP contribution in [0.1, 0.15) is 5.56 Å². The number of hydrogen-bond donors (Lipinski definition) is 1. The fourth-order valence-electron chi connectivity index (χ4n) is 3.18. The van der Waals surface area contributed by atoms with Gasteiger partial charge in [0.2, 0.25) is 5.91 Å². The van der Waals surface area contributed by atoms with Crippen LogP contribution in [0, 0.1) is 6.92 Å². The minimum Gasteiger partial charge on any atom is -0.378 e. The predicted octanol–water partition coefficient (Wildman–Crippen LogP) is 0.685. The molecule has 2 fully saturated rings. The minimum absolute atomic E-state index is 0.0463. The maximum atomic E-state index is 12.3. The van der Waals surface area contributed by atoms with Crippen LogP contribution >= 0.6 is 0 Å². The first kappa shape index (κ1) is 17.5. The number of anilines is 1. The first-order chi connectivity index (χ1) is 12.1. The second-order valence-corrected chi connectivity index (χ2v) is 6.46. The van der Waals surface area contributed by atoms with Crippen molar-refractivity contribution in [2.24, 2.45) is 0 Å². The van der Waals surface area contributed by atoms with Gasteiger partial charge in [0.1, 0.15) is 0 Å². The minimum atomic E-state index is -0.162. The summed E-state index contributed by atoms with van der Waals surface area (Å²) in [7, 11) is 0. The first-order valence-electron chi connectivity index (χ1n) is 8.83. The molecule has 2 heterocycles. The molecule has 136 valence electrons. The van der Waals surface area contributed by atoms with Crippen molar-refractivity contribution in [2.45, 2.75) is 6.92 Å². The number of nitrogens with one attached hydrogen (secondary N) is 1. The van der Waals surface area contributed by atoms with E-state index in [-0.39, 0.29) is 18.5 Å². The van der Waals surface area contributed by atoms with E-state index in [4.69, 9.17) is 4.74 Å². The summed E-state index contributed by atoms with van der Waals surface area (Å²) in [5.41, 5.74) is 2.43. The molecule has 25 heavy (non-hydrogen) atoms. The molecule has 1 aromatic carbocycles. The number of carbonyl (C=O) groups excluding carboxylic acids is 2. The number of ether oxygens (including phenoxy) is 1. The Balaban J connectivity index is 1.43. The van der Waals surface area contributed by atoms with Gasteiger partial charge in [0.15, 0.2) is 0 Å². The Kier molecular flexibility index (Phi) is 5.75. The Hall–Kier alpha value is -2.28. The number of carbonyl (C=O) groups is 2.